The monoisotopic (exact) mass is 434 g/mol. The standard InChI is InChI=1S/C27H50N2O2/c1-3-5-6-7-8-9-10-11-12-13-14-15-16-17-18-19-23-29-26(20-4-2)21-24-28-25-22-27(30)31/h11-12,20,24,29H,3-10,13-19,21-23,25H2,1-2H3,(H,30,31)/b12-11-,26-20?,28-24?. The third-order valence-electron chi connectivity index (χ3n) is 5.43. The Bertz CT molecular complexity index is 484. The summed E-state index contributed by atoms with van der Waals surface area (Å²) >= 11 is 0. The minimum absolute atomic E-state index is 0.0479. The number of carboxylic acids is 1. The Labute approximate surface area is 192 Å². The van der Waals surface area contributed by atoms with E-state index in [1.165, 1.54) is 95.6 Å². The molecule has 0 heterocycles. The predicted octanol–water partition coefficient (Wildman–Crippen LogP) is 4.59. The molecule has 0 rings (SSSR count). The highest BCUT2D eigenvalue weighted by Gasteiger charge is 1.97. The molecule has 0 aromatic carbocycles. The van der Waals surface area contributed by atoms with E-state index in [1.54, 1.807) is 0 Å². The molecule has 0 amide bonds. The summed E-state index contributed by atoms with van der Waals surface area (Å²) in [7, 11) is 0. The van der Waals surface area contributed by atoms with Crippen molar-refractivity contribution in [1.82, 2.24) is 5.32 Å². The van der Waals surface area contributed by atoms with Crippen LogP contribution in [-0.2, 0) is 4.79 Å². The maximum Gasteiger partial charge on any atom is 0.145 e. The Morgan fingerprint density at radius 3 is 2.00 bits per heavy atom. The van der Waals surface area contributed by atoms with Crippen molar-refractivity contribution in [2.45, 2.75) is 123 Å². The van der Waals surface area contributed by atoms with Crippen LogP contribution in [0.4, 0.5) is 0 Å². The molecule has 0 aromatic heterocycles. The number of allylic oxidation sites excluding steroid dienone is 4. The highest BCUT2D eigenvalue weighted by molar-refractivity contribution is 5.64. The van der Waals surface area contributed by atoms with E-state index in [-0.39, 0.29) is 6.42 Å². The molecule has 4 nitrogen and oxygen atoms in total. The second-order valence-electron chi connectivity index (χ2n) is 8.49. The zero-order chi connectivity index (χ0) is 22.8. The van der Waals surface area contributed by atoms with E-state index in [1.807, 2.05) is 6.21 Å². The fraction of sp³-hybridized carbons (Fsp3) is 0.778. The van der Waals surface area contributed by atoms with Crippen molar-refractivity contribution in [1.29, 1.82) is 0 Å². The Balaban J connectivity index is 3.49. The molecule has 0 aliphatic carbocycles. The van der Waals surface area contributed by atoms with Crippen molar-refractivity contribution in [3.63, 3.8) is 0 Å². The number of rotatable bonds is 23. The second-order valence-corrected chi connectivity index (χ2v) is 8.49. The predicted molar refractivity (Wildman–Crippen MR) is 132 cm³/mol. The van der Waals surface area contributed by atoms with E-state index < -0.39 is 5.97 Å². The van der Waals surface area contributed by atoms with Gasteiger partial charge in [-0.05, 0) is 38.5 Å². The van der Waals surface area contributed by atoms with Crippen LogP contribution < -0.4 is 15.4 Å². The van der Waals surface area contributed by atoms with Gasteiger partial charge < -0.3 is 15.2 Å². The second kappa shape index (κ2) is 24.7. The number of aliphatic carboxylic acids is 1. The minimum atomic E-state index is -1.01. The molecule has 180 valence electrons. The van der Waals surface area contributed by atoms with Crippen LogP contribution in [0.2, 0.25) is 0 Å². The van der Waals surface area contributed by atoms with Gasteiger partial charge in [-0.3, -0.25) is 4.99 Å². The molecule has 0 radical (unpaired) electrons. The van der Waals surface area contributed by atoms with Crippen LogP contribution >= 0.6 is 0 Å². The number of hydrogen-bond acceptors (Lipinski definition) is 3. The third-order valence-corrected chi connectivity index (χ3v) is 5.43. The highest BCUT2D eigenvalue weighted by atomic mass is 16.4. The largest absolute Gasteiger partial charge is 0.550 e. The Kier molecular flexibility index (Phi) is 23.4. The molecule has 0 unspecified atom stereocenters. The SMILES string of the molecule is CCC=C(CC=[NH+]CCC(=O)[O-])NCCCCCCCC/C=C\CCCCCCCC. The zero-order valence-corrected chi connectivity index (χ0v) is 20.6. The van der Waals surface area contributed by atoms with Crippen LogP contribution in [0.25, 0.3) is 0 Å². The lowest BCUT2D eigenvalue weighted by molar-refractivity contribution is -0.454. The third kappa shape index (κ3) is 24.6. The van der Waals surface area contributed by atoms with Gasteiger partial charge >= 0.3 is 0 Å². The summed E-state index contributed by atoms with van der Waals surface area (Å²) in [6.45, 7) is 5.85. The first-order chi connectivity index (χ1) is 15.2. The number of unbranched alkanes of at least 4 members (excludes halogenated alkanes) is 12. The minimum Gasteiger partial charge on any atom is -0.550 e. The highest BCUT2D eigenvalue weighted by Crippen LogP contribution is 2.10. The molecule has 0 saturated carbocycles. The van der Waals surface area contributed by atoms with Gasteiger partial charge in [-0.2, -0.15) is 0 Å². The molecule has 0 atom stereocenters. The van der Waals surface area contributed by atoms with Gasteiger partial charge in [-0.15, -0.1) is 0 Å². The molecular weight excluding hydrogens is 384 g/mol. The van der Waals surface area contributed by atoms with Gasteiger partial charge in [0, 0.05) is 24.6 Å². The summed E-state index contributed by atoms with van der Waals surface area (Å²) in [4.78, 5) is 13.4. The first-order valence-corrected chi connectivity index (χ1v) is 13.0. The molecule has 0 saturated heterocycles. The molecule has 31 heavy (non-hydrogen) atoms. The van der Waals surface area contributed by atoms with Gasteiger partial charge in [0.1, 0.15) is 12.8 Å². The first kappa shape index (κ1) is 29.4. The van der Waals surface area contributed by atoms with Gasteiger partial charge in [-0.25, -0.2) is 0 Å². The summed E-state index contributed by atoms with van der Waals surface area (Å²) in [5.74, 6) is -1.01. The van der Waals surface area contributed by atoms with Gasteiger partial charge in [0.2, 0.25) is 0 Å². The Hall–Kier alpha value is -1.58. The van der Waals surface area contributed by atoms with Crippen LogP contribution in [-0.4, -0.2) is 25.3 Å². The number of carbonyl (C=O) groups is 1. The summed E-state index contributed by atoms with van der Waals surface area (Å²) in [6.07, 6.45) is 29.4. The van der Waals surface area contributed by atoms with Crippen molar-refractivity contribution >= 4 is 12.2 Å². The molecule has 0 fully saturated rings. The fourth-order valence-electron chi connectivity index (χ4n) is 3.55. The van der Waals surface area contributed by atoms with E-state index in [0.717, 1.165) is 19.4 Å². The first-order valence-electron chi connectivity index (χ1n) is 13.0. The van der Waals surface area contributed by atoms with Crippen molar-refractivity contribution in [2.24, 2.45) is 0 Å². The summed E-state index contributed by atoms with van der Waals surface area (Å²) in [5.41, 5.74) is 1.22. The molecule has 0 bridgehead atoms. The van der Waals surface area contributed by atoms with Gasteiger partial charge in [0.25, 0.3) is 0 Å². The Morgan fingerprint density at radius 1 is 0.839 bits per heavy atom. The maximum atomic E-state index is 10.4. The maximum absolute atomic E-state index is 10.4. The van der Waals surface area contributed by atoms with E-state index in [2.05, 4.69) is 42.4 Å². The molecule has 0 spiro atoms. The van der Waals surface area contributed by atoms with Crippen LogP contribution in [0.15, 0.2) is 23.9 Å². The lowest BCUT2D eigenvalue weighted by Gasteiger charge is -2.08. The van der Waals surface area contributed by atoms with Crippen molar-refractivity contribution < 1.29 is 14.9 Å². The summed E-state index contributed by atoms with van der Waals surface area (Å²) in [5, 5.41) is 13.9. The fourth-order valence-corrected chi connectivity index (χ4v) is 3.55. The van der Waals surface area contributed by atoms with Crippen LogP contribution in [0.3, 0.4) is 0 Å². The quantitative estimate of drug-likeness (QED) is 0.140. The van der Waals surface area contributed by atoms with E-state index >= 15 is 0 Å². The average molecular weight is 435 g/mol. The zero-order valence-electron chi connectivity index (χ0n) is 20.6. The lowest BCUT2D eigenvalue weighted by Crippen LogP contribution is -2.69. The van der Waals surface area contributed by atoms with Crippen LogP contribution in [0.1, 0.15) is 123 Å². The van der Waals surface area contributed by atoms with Crippen molar-refractivity contribution in [2.75, 3.05) is 13.1 Å². The van der Waals surface area contributed by atoms with Gasteiger partial charge in [-0.1, -0.05) is 89.9 Å². The van der Waals surface area contributed by atoms with Gasteiger partial charge in [0.15, 0.2) is 0 Å². The molecule has 0 aromatic rings. The molecule has 2 N–H and O–H groups in total. The number of nitrogens with one attached hydrogen (secondary N) is 2. The van der Waals surface area contributed by atoms with E-state index in [0.29, 0.717) is 6.54 Å². The average Bonchev–Trinajstić information content (AvgIpc) is 2.75. The topological polar surface area (TPSA) is 66.1 Å². The number of carboxylic acid groups (broad SMARTS) is 1. The molecule has 4 heteroatoms. The van der Waals surface area contributed by atoms with Crippen molar-refractivity contribution in [3.05, 3.63) is 23.9 Å². The molecular formula is C27H50N2O2. The molecule has 0 aliphatic rings. The van der Waals surface area contributed by atoms with Crippen LogP contribution in [0.5, 0.6) is 0 Å². The smallest absolute Gasteiger partial charge is 0.145 e. The van der Waals surface area contributed by atoms with Gasteiger partial charge in [0.05, 0.1) is 6.42 Å². The number of hydrogen-bond donors (Lipinski definition) is 2. The lowest BCUT2D eigenvalue weighted by atomic mass is 10.1. The van der Waals surface area contributed by atoms with Crippen LogP contribution in [0, 0.1) is 0 Å². The summed E-state index contributed by atoms with van der Waals surface area (Å²) in [6, 6.07) is 0. The van der Waals surface area contributed by atoms with E-state index in [9.17, 15) is 9.90 Å². The summed E-state index contributed by atoms with van der Waals surface area (Å²) < 4.78 is 0. The Morgan fingerprint density at radius 2 is 1.42 bits per heavy atom. The number of carbonyl (C=O) groups excluding carboxylic acids is 1. The van der Waals surface area contributed by atoms with E-state index in [4.69, 9.17) is 0 Å². The van der Waals surface area contributed by atoms with Crippen molar-refractivity contribution in [3.8, 4) is 0 Å². The molecule has 0 aliphatic heterocycles. The normalized spacial score (nSPS) is 12.3.